The predicted octanol–water partition coefficient (Wildman–Crippen LogP) is 5.49. The van der Waals surface area contributed by atoms with Crippen molar-refractivity contribution in [2.45, 2.75) is 5.62 Å². The molecule has 5 heteroatoms. The first-order valence-corrected chi connectivity index (χ1v) is 8.99. The van der Waals surface area contributed by atoms with Gasteiger partial charge in [0, 0.05) is 5.56 Å². The van der Waals surface area contributed by atoms with Crippen molar-refractivity contribution in [3.63, 3.8) is 0 Å². The molecule has 1 atom stereocenters. The molecule has 3 aromatic carbocycles. The largest absolute Gasteiger partial charge is 0.315 e. The molecule has 1 unspecified atom stereocenters. The zero-order chi connectivity index (χ0) is 17.9. The number of alkyl halides is 1. The van der Waals surface area contributed by atoms with Crippen molar-refractivity contribution in [1.82, 2.24) is 5.32 Å². The van der Waals surface area contributed by atoms with Crippen LogP contribution in [0.15, 0.2) is 88.8 Å². The lowest BCUT2D eigenvalue weighted by Crippen LogP contribution is -2.32. The van der Waals surface area contributed by atoms with E-state index in [0.717, 1.165) is 16.7 Å². The number of benzene rings is 3. The Bertz CT molecular complexity index is 980. The second kappa shape index (κ2) is 7.32. The van der Waals surface area contributed by atoms with Gasteiger partial charge in [0.2, 0.25) is 5.62 Å². The van der Waals surface area contributed by atoms with E-state index in [2.05, 4.69) is 63.8 Å². The van der Waals surface area contributed by atoms with Gasteiger partial charge >= 0.3 is 0 Å². The Morgan fingerprint density at radius 1 is 0.654 bits per heavy atom. The third-order valence-corrected chi connectivity index (χ3v) is 4.53. The van der Waals surface area contributed by atoms with Gasteiger partial charge in [-0.2, -0.15) is 0 Å². The number of nitrogens with zero attached hydrogens (tertiary/aromatic N) is 2. The van der Waals surface area contributed by atoms with Gasteiger partial charge in [0.25, 0.3) is 0 Å². The Morgan fingerprint density at radius 2 is 1.23 bits per heavy atom. The maximum absolute atomic E-state index is 5.96. The smallest absolute Gasteiger partial charge is 0.220 e. The molecule has 1 aliphatic rings. The van der Waals surface area contributed by atoms with Crippen molar-refractivity contribution in [2.75, 3.05) is 0 Å². The molecule has 0 radical (unpaired) electrons. The van der Waals surface area contributed by atoms with Gasteiger partial charge in [-0.3, -0.25) is 0 Å². The van der Waals surface area contributed by atoms with Crippen LogP contribution in [0, 0.1) is 0 Å². The van der Waals surface area contributed by atoms with Crippen molar-refractivity contribution >= 4 is 34.3 Å². The molecule has 1 heterocycles. The summed E-state index contributed by atoms with van der Waals surface area (Å²) in [6, 6.07) is 27.0. The number of amidine groups is 2. The molecule has 0 saturated carbocycles. The summed E-state index contributed by atoms with van der Waals surface area (Å²) in [7, 11) is 0. The van der Waals surface area contributed by atoms with Gasteiger partial charge < -0.3 is 5.32 Å². The zero-order valence-electron chi connectivity index (χ0n) is 13.7. The maximum atomic E-state index is 5.96. The fraction of sp³-hybridized carbons (Fsp3) is 0.0476. The molecule has 3 aromatic rings. The summed E-state index contributed by atoms with van der Waals surface area (Å²) in [4.78, 5) is 8.17. The quantitative estimate of drug-likeness (QED) is 0.474. The van der Waals surface area contributed by atoms with Gasteiger partial charge in [0.15, 0.2) is 5.29 Å². The average Bonchev–Trinajstić information content (AvgIpc) is 2.68. The average molecular weight is 380 g/mol. The van der Waals surface area contributed by atoms with Crippen LogP contribution in [0.3, 0.4) is 0 Å². The molecule has 0 fully saturated rings. The van der Waals surface area contributed by atoms with Crippen molar-refractivity contribution in [3.05, 3.63) is 84.4 Å². The molecule has 0 bridgehead atoms. The highest BCUT2D eigenvalue weighted by atomic mass is 35.5. The van der Waals surface area contributed by atoms with Gasteiger partial charge in [-0.1, -0.05) is 84.4 Å². The van der Waals surface area contributed by atoms with Crippen LogP contribution in [0.4, 0.5) is 0 Å². The van der Waals surface area contributed by atoms with E-state index < -0.39 is 5.62 Å². The molecule has 0 amide bonds. The third-order valence-electron chi connectivity index (χ3n) is 4.14. The minimum atomic E-state index is -0.694. The summed E-state index contributed by atoms with van der Waals surface area (Å²) in [6.45, 7) is 0. The summed E-state index contributed by atoms with van der Waals surface area (Å²) >= 11 is 11.9. The van der Waals surface area contributed by atoms with Gasteiger partial charge in [0.1, 0.15) is 5.84 Å². The van der Waals surface area contributed by atoms with Crippen LogP contribution in [0.25, 0.3) is 22.3 Å². The Morgan fingerprint density at radius 3 is 1.88 bits per heavy atom. The van der Waals surface area contributed by atoms with Gasteiger partial charge in [-0.05, 0) is 39.9 Å². The summed E-state index contributed by atoms with van der Waals surface area (Å²) in [5.74, 6) is 0.620. The van der Waals surface area contributed by atoms with Gasteiger partial charge in [0.05, 0.1) is 0 Å². The highest BCUT2D eigenvalue weighted by molar-refractivity contribution is 6.66. The van der Waals surface area contributed by atoms with E-state index in [1.807, 2.05) is 30.3 Å². The fourth-order valence-corrected chi connectivity index (χ4v) is 3.29. The maximum Gasteiger partial charge on any atom is 0.220 e. The van der Waals surface area contributed by atoms with Crippen molar-refractivity contribution < 1.29 is 0 Å². The van der Waals surface area contributed by atoms with Crippen LogP contribution in [-0.2, 0) is 0 Å². The number of hydrogen-bond donors (Lipinski definition) is 1. The molecule has 0 spiro atoms. The van der Waals surface area contributed by atoms with Crippen LogP contribution >= 0.6 is 23.2 Å². The van der Waals surface area contributed by atoms with Crippen LogP contribution in [0.2, 0.25) is 0 Å². The number of halogens is 2. The van der Waals surface area contributed by atoms with Crippen molar-refractivity contribution in [1.29, 1.82) is 0 Å². The van der Waals surface area contributed by atoms with Crippen LogP contribution in [0.5, 0.6) is 0 Å². The Labute approximate surface area is 162 Å². The molecule has 1 aliphatic heterocycles. The minimum Gasteiger partial charge on any atom is -0.315 e. The van der Waals surface area contributed by atoms with Gasteiger partial charge in [-0.25, -0.2) is 9.98 Å². The first-order valence-electron chi connectivity index (χ1n) is 8.17. The normalized spacial score (nSPS) is 16.5. The Balaban J connectivity index is 1.62. The highest BCUT2D eigenvalue weighted by Crippen LogP contribution is 2.26. The van der Waals surface area contributed by atoms with E-state index in [-0.39, 0.29) is 5.29 Å². The van der Waals surface area contributed by atoms with E-state index in [9.17, 15) is 0 Å². The summed E-state index contributed by atoms with van der Waals surface area (Å²) in [5.41, 5.74) is 4.90. The van der Waals surface area contributed by atoms with E-state index in [1.165, 1.54) is 11.1 Å². The first kappa shape index (κ1) is 16.8. The lowest BCUT2D eigenvalue weighted by molar-refractivity contribution is 0.935. The molecule has 4 rings (SSSR count). The number of aliphatic imine (C=N–C) groups is 2. The topological polar surface area (TPSA) is 36.8 Å². The standard InChI is InChI=1S/C21H15Cl2N3/c22-20-24-19(25-21(23)26-20)16-11-9-15(10-12-16)18-8-4-7-17(13-18)14-5-2-1-3-6-14/h1-13,20H,(H,24,25,26). The zero-order valence-corrected chi connectivity index (χ0v) is 15.2. The lowest BCUT2D eigenvalue weighted by Gasteiger charge is -2.15. The highest BCUT2D eigenvalue weighted by Gasteiger charge is 2.14. The van der Waals surface area contributed by atoms with E-state index in [4.69, 9.17) is 23.2 Å². The lowest BCUT2D eigenvalue weighted by atomic mass is 9.98. The van der Waals surface area contributed by atoms with E-state index >= 15 is 0 Å². The molecule has 3 nitrogen and oxygen atoms in total. The molecule has 128 valence electrons. The summed E-state index contributed by atoms with van der Waals surface area (Å²) in [6.07, 6.45) is 0. The van der Waals surface area contributed by atoms with Crippen LogP contribution < -0.4 is 5.32 Å². The molecular formula is C21H15Cl2N3. The molecule has 1 N–H and O–H groups in total. The number of nitrogens with one attached hydrogen (secondary N) is 1. The van der Waals surface area contributed by atoms with Crippen molar-refractivity contribution in [3.8, 4) is 22.3 Å². The van der Waals surface area contributed by atoms with Crippen LogP contribution in [0.1, 0.15) is 5.56 Å². The number of hydrogen-bond acceptors (Lipinski definition) is 3. The molecular weight excluding hydrogens is 365 g/mol. The third kappa shape index (κ3) is 3.64. The first-order chi connectivity index (χ1) is 12.7. The SMILES string of the molecule is ClC1=NC(Cl)N=C(c2ccc(-c3cccc(-c4ccccc4)c3)cc2)N1. The second-order valence-electron chi connectivity index (χ2n) is 5.86. The molecule has 0 aliphatic carbocycles. The fourth-order valence-electron chi connectivity index (χ4n) is 2.87. The van der Waals surface area contributed by atoms with E-state index in [1.54, 1.807) is 0 Å². The molecule has 0 aromatic heterocycles. The van der Waals surface area contributed by atoms with E-state index in [0.29, 0.717) is 5.84 Å². The van der Waals surface area contributed by atoms with Gasteiger partial charge in [-0.15, -0.1) is 0 Å². The Kier molecular flexibility index (Phi) is 4.74. The van der Waals surface area contributed by atoms with Crippen molar-refractivity contribution in [2.24, 2.45) is 9.98 Å². The monoisotopic (exact) mass is 379 g/mol. The summed E-state index contributed by atoms with van der Waals surface area (Å²) in [5, 5.41) is 3.18. The Hall–Kier alpha value is -2.62. The predicted molar refractivity (Wildman–Crippen MR) is 110 cm³/mol. The second-order valence-corrected chi connectivity index (χ2v) is 6.61. The molecule has 0 saturated heterocycles. The van der Waals surface area contributed by atoms with Crippen LogP contribution in [-0.4, -0.2) is 16.8 Å². The minimum absolute atomic E-state index is 0.245. The summed E-state index contributed by atoms with van der Waals surface area (Å²) < 4.78 is 0. The number of rotatable bonds is 3. The molecule has 26 heavy (non-hydrogen) atoms.